The molecule has 2 aromatic rings. The summed E-state index contributed by atoms with van der Waals surface area (Å²) < 4.78 is 5.66. The van der Waals surface area contributed by atoms with Crippen molar-refractivity contribution in [3.05, 3.63) is 59.7 Å². The van der Waals surface area contributed by atoms with Crippen LogP contribution in [0, 0.1) is 6.92 Å². The highest BCUT2D eigenvalue weighted by molar-refractivity contribution is 5.46. The predicted octanol–water partition coefficient (Wildman–Crippen LogP) is 4.83. The van der Waals surface area contributed by atoms with E-state index < -0.39 is 0 Å². The molecule has 1 N–H and O–H groups in total. The number of hydrogen-bond acceptors (Lipinski definition) is 2. The smallest absolute Gasteiger partial charge is 0.119 e. The zero-order chi connectivity index (χ0) is 14.9. The van der Waals surface area contributed by atoms with E-state index in [9.17, 15) is 0 Å². The Morgan fingerprint density at radius 3 is 2.48 bits per heavy atom. The number of aryl methyl sites for hydroxylation is 1. The van der Waals surface area contributed by atoms with Crippen molar-refractivity contribution in [1.82, 2.24) is 0 Å². The number of rotatable bonds is 8. The molecular formula is C19H25NO. The normalized spacial score (nSPS) is 10.4. The Labute approximate surface area is 128 Å². The van der Waals surface area contributed by atoms with Gasteiger partial charge in [-0.3, -0.25) is 0 Å². The van der Waals surface area contributed by atoms with Crippen LogP contribution in [0.5, 0.6) is 5.75 Å². The van der Waals surface area contributed by atoms with Crippen molar-refractivity contribution in [2.24, 2.45) is 0 Å². The van der Waals surface area contributed by atoms with Crippen LogP contribution in [-0.4, -0.2) is 13.2 Å². The molecule has 2 nitrogen and oxygen atoms in total. The summed E-state index contributed by atoms with van der Waals surface area (Å²) >= 11 is 0. The Morgan fingerprint density at radius 1 is 1.00 bits per heavy atom. The maximum absolute atomic E-state index is 5.66. The summed E-state index contributed by atoms with van der Waals surface area (Å²) in [6, 6.07) is 16.8. The van der Waals surface area contributed by atoms with Gasteiger partial charge in [0.2, 0.25) is 0 Å². The standard InChI is InChI=1S/C19H25NO/c1-3-4-15-21-19-11-9-18(10-12-19)20-14-13-17-8-6-5-7-16(17)2/h5-12,20H,3-4,13-15H2,1-2H3. The average Bonchev–Trinajstić information content (AvgIpc) is 2.51. The Morgan fingerprint density at radius 2 is 1.76 bits per heavy atom. The molecule has 0 bridgehead atoms. The molecule has 0 aromatic heterocycles. The molecule has 0 aliphatic carbocycles. The molecule has 0 aliphatic rings. The van der Waals surface area contributed by atoms with Gasteiger partial charge in [0.1, 0.15) is 5.75 Å². The summed E-state index contributed by atoms with van der Waals surface area (Å²) in [6.45, 7) is 6.08. The van der Waals surface area contributed by atoms with Crippen LogP contribution >= 0.6 is 0 Å². The molecule has 0 saturated carbocycles. The quantitative estimate of drug-likeness (QED) is 0.701. The first kappa shape index (κ1) is 15.4. The molecule has 0 atom stereocenters. The van der Waals surface area contributed by atoms with Crippen LogP contribution in [0.15, 0.2) is 48.5 Å². The first-order valence-electron chi connectivity index (χ1n) is 7.81. The van der Waals surface area contributed by atoms with Crippen molar-refractivity contribution in [2.75, 3.05) is 18.5 Å². The first-order chi connectivity index (χ1) is 10.3. The van der Waals surface area contributed by atoms with Gasteiger partial charge in [-0.15, -0.1) is 0 Å². The highest BCUT2D eigenvalue weighted by Crippen LogP contribution is 2.16. The molecule has 0 heterocycles. The molecule has 0 radical (unpaired) electrons. The fourth-order valence-corrected chi connectivity index (χ4v) is 2.24. The Balaban J connectivity index is 1.77. The maximum Gasteiger partial charge on any atom is 0.119 e. The largest absolute Gasteiger partial charge is 0.494 e. The number of unbranched alkanes of at least 4 members (excludes halogenated alkanes) is 1. The molecule has 0 unspecified atom stereocenters. The summed E-state index contributed by atoms with van der Waals surface area (Å²) in [5.41, 5.74) is 3.91. The molecule has 0 aliphatic heterocycles. The summed E-state index contributed by atoms with van der Waals surface area (Å²) in [5, 5.41) is 3.46. The van der Waals surface area contributed by atoms with Gasteiger partial charge in [0.05, 0.1) is 6.61 Å². The highest BCUT2D eigenvalue weighted by Gasteiger charge is 1.98. The van der Waals surface area contributed by atoms with Gasteiger partial charge in [-0.05, 0) is 55.2 Å². The van der Waals surface area contributed by atoms with Gasteiger partial charge in [-0.25, -0.2) is 0 Å². The number of benzene rings is 2. The van der Waals surface area contributed by atoms with Crippen LogP contribution in [0.2, 0.25) is 0 Å². The van der Waals surface area contributed by atoms with E-state index in [1.807, 2.05) is 12.1 Å². The SMILES string of the molecule is CCCCOc1ccc(NCCc2ccccc2C)cc1. The number of hydrogen-bond donors (Lipinski definition) is 1. The lowest BCUT2D eigenvalue weighted by atomic mass is 10.1. The van der Waals surface area contributed by atoms with Gasteiger partial charge < -0.3 is 10.1 Å². The maximum atomic E-state index is 5.66. The monoisotopic (exact) mass is 283 g/mol. The van der Waals surface area contributed by atoms with E-state index in [2.05, 4.69) is 55.6 Å². The molecule has 2 aromatic carbocycles. The first-order valence-corrected chi connectivity index (χ1v) is 7.81. The van der Waals surface area contributed by atoms with E-state index in [1.54, 1.807) is 0 Å². The van der Waals surface area contributed by atoms with Crippen molar-refractivity contribution in [3.63, 3.8) is 0 Å². The lowest BCUT2D eigenvalue weighted by Crippen LogP contribution is -2.05. The Hall–Kier alpha value is -1.96. The molecule has 112 valence electrons. The second kappa shape index (κ2) is 8.35. The lowest BCUT2D eigenvalue weighted by molar-refractivity contribution is 0.309. The topological polar surface area (TPSA) is 21.3 Å². The van der Waals surface area contributed by atoms with Gasteiger partial charge in [-0.2, -0.15) is 0 Å². The summed E-state index contributed by atoms with van der Waals surface area (Å²) in [5.74, 6) is 0.952. The van der Waals surface area contributed by atoms with Gasteiger partial charge in [-0.1, -0.05) is 37.6 Å². The third-order valence-corrected chi connectivity index (χ3v) is 3.61. The fourth-order valence-electron chi connectivity index (χ4n) is 2.24. The van der Waals surface area contributed by atoms with Crippen molar-refractivity contribution < 1.29 is 4.74 Å². The van der Waals surface area contributed by atoms with Gasteiger partial charge >= 0.3 is 0 Å². The van der Waals surface area contributed by atoms with Crippen LogP contribution in [0.25, 0.3) is 0 Å². The van der Waals surface area contributed by atoms with E-state index in [4.69, 9.17) is 4.74 Å². The zero-order valence-corrected chi connectivity index (χ0v) is 13.1. The van der Waals surface area contributed by atoms with E-state index in [0.717, 1.165) is 37.4 Å². The van der Waals surface area contributed by atoms with Crippen molar-refractivity contribution in [2.45, 2.75) is 33.1 Å². The summed E-state index contributed by atoms with van der Waals surface area (Å²) in [6.07, 6.45) is 3.32. The van der Waals surface area contributed by atoms with Gasteiger partial charge in [0, 0.05) is 12.2 Å². The molecule has 2 rings (SSSR count). The van der Waals surface area contributed by atoms with Crippen LogP contribution in [0.1, 0.15) is 30.9 Å². The second-order valence-electron chi connectivity index (χ2n) is 5.33. The summed E-state index contributed by atoms with van der Waals surface area (Å²) in [7, 11) is 0. The third kappa shape index (κ3) is 5.14. The second-order valence-corrected chi connectivity index (χ2v) is 5.33. The van der Waals surface area contributed by atoms with Crippen molar-refractivity contribution in [3.8, 4) is 5.75 Å². The average molecular weight is 283 g/mol. The molecule has 0 fully saturated rings. The molecule has 21 heavy (non-hydrogen) atoms. The molecular weight excluding hydrogens is 258 g/mol. The molecule has 0 amide bonds. The zero-order valence-electron chi connectivity index (χ0n) is 13.1. The van der Waals surface area contributed by atoms with Crippen LogP contribution in [-0.2, 0) is 6.42 Å². The minimum Gasteiger partial charge on any atom is -0.494 e. The van der Waals surface area contributed by atoms with Crippen LogP contribution in [0.4, 0.5) is 5.69 Å². The highest BCUT2D eigenvalue weighted by atomic mass is 16.5. The van der Waals surface area contributed by atoms with E-state index >= 15 is 0 Å². The van der Waals surface area contributed by atoms with Crippen LogP contribution < -0.4 is 10.1 Å². The summed E-state index contributed by atoms with van der Waals surface area (Å²) in [4.78, 5) is 0. The fraction of sp³-hybridized carbons (Fsp3) is 0.368. The Bertz CT molecular complexity index is 534. The third-order valence-electron chi connectivity index (χ3n) is 3.61. The number of nitrogens with one attached hydrogen (secondary N) is 1. The minimum absolute atomic E-state index is 0.802. The van der Waals surface area contributed by atoms with E-state index in [0.29, 0.717) is 0 Å². The lowest BCUT2D eigenvalue weighted by Gasteiger charge is -2.10. The van der Waals surface area contributed by atoms with Crippen molar-refractivity contribution >= 4 is 5.69 Å². The predicted molar refractivity (Wildman–Crippen MR) is 90.2 cm³/mol. The van der Waals surface area contributed by atoms with Crippen LogP contribution in [0.3, 0.4) is 0 Å². The van der Waals surface area contributed by atoms with Gasteiger partial charge in [0.25, 0.3) is 0 Å². The van der Waals surface area contributed by atoms with E-state index in [-0.39, 0.29) is 0 Å². The molecule has 0 saturated heterocycles. The molecule has 2 heteroatoms. The Kier molecular flexibility index (Phi) is 6.14. The molecule has 0 spiro atoms. The van der Waals surface area contributed by atoms with Gasteiger partial charge in [0.15, 0.2) is 0 Å². The number of anilines is 1. The van der Waals surface area contributed by atoms with Crippen molar-refractivity contribution in [1.29, 1.82) is 0 Å². The minimum atomic E-state index is 0.802. The number of ether oxygens (including phenoxy) is 1. The van der Waals surface area contributed by atoms with E-state index in [1.165, 1.54) is 17.5 Å².